The maximum absolute atomic E-state index is 13.1. The first kappa shape index (κ1) is 21.5. The van der Waals surface area contributed by atoms with E-state index in [0.29, 0.717) is 0 Å². The lowest BCUT2D eigenvalue weighted by Gasteiger charge is -2.13. The van der Waals surface area contributed by atoms with Crippen LogP contribution >= 0.6 is 11.3 Å². The van der Waals surface area contributed by atoms with E-state index in [2.05, 4.69) is 10.3 Å². The van der Waals surface area contributed by atoms with Crippen molar-refractivity contribution < 1.29 is 18.0 Å². The normalized spacial score (nSPS) is 11.6. The molecule has 0 saturated carbocycles. The molecule has 11 heteroatoms. The van der Waals surface area contributed by atoms with Crippen molar-refractivity contribution in [3.8, 4) is 0 Å². The summed E-state index contributed by atoms with van der Waals surface area (Å²) in [5, 5.41) is 4.28. The molecule has 1 aromatic carbocycles. The fourth-order valence-electron chi connectivity index (χ4n) is 3.18. The number of anilines is 1. The molecular formula is C21H15F3N4O3S. The number of hydrogen-bond acceptors (Lipinski definition) is 5. The highest BCUT2D eigenvalue weighted by molar-refractivity contribution is 7.09. The van der Waals surface area contributed by atoms with Crippen LogP contribution in [-0.2, 0) is 24.1 Å². The molecular weight excluding hydrogens is 445 g/mol. The average molecular weight is 460 g/mol. The number of carbonyl (C=O) groups excluding carboxylic acids is 1. The number of hydrogen-bond donors (Lipinski definition) is 1. The second-order valence-electron chi connectivity index (χ2n) is 6.83. The van der Waals surface area contributed by atoms with Crippen LogP contribution in [0, 0.1) is 0 Å². The Morgan fingerprint density at radius 3 is 2.44 bits per heavy atom. The Kier molecular flexibility index (Phi) is 5.66. The fourth-order valence-corrected chi connectivity index (χ4v) is 3.87. The third-order valence-corrected chi connectivity index (χ3v) is 5.54. The van der Waals surface area contributed by atoms with Crippen molar-refractivity contribution in [2.24, 2.45) is 0 Å². The lowest BCUT2D eigenvalue weighted by Crippen LogP contribution is -2.42. The van der Waals surface area contributed by atoms with Gasteiger partial charge >= 0.3 is 11.9 Å². The van der Waals surface area contributed by atoms with Gasteiger partial charge in [-0.05, 0) is 47.8 Å². The predicted molar refractivity (Wildman–Crippen MR) is 114 cm³/mol. The van der Waals surface area contributed by atoms with E-state index in [1.807, 2.05) is 5.38 Å². The minimum absolute atomic E-state index is 0.0301. The first-order valence-electron chi connectivity index (χ1n) is 9.32. The minimum atomic E-state index is -4.49. The largest absolute Gasteiger partial charge is 0.416 e. The third-order valence-electron chi connectivity index (χ3n) is 4.68. The van der Waals surface area contributed by atoms with Crippen LogP contribution in [0.15, 0.2) is 69.7 Å². The number of thiophene rings is 1. The lowest BCUT2D eigenvalue weighted by atomic mass is 10.2. The zero-order valence-corrected chi connectivity index (χ0v) is 17.1. The molecule has 3 heterocycles. The first-order valence-corrected chi connectivity index (χ1v) is 10.2. The van der Waals surface area contributed by atoms with Gasteiger partial charge in [0.25, 0.3) is 5.56 Å². The highest BCUT2D eigenvalue weighted by Crippen LogP contribution is 2.29. The molecule has 0 spiro atoms. The maximum Gasteiger partial charge on any atom is 0.416 e. The fraction of sp³-hybridized carbons (Fsp3) is 0.143. The summed E-state index contributed by atoms with van der Waals surface area (Å²) in [7, 11) is 0. The number of alkyl halides is 3. The van der Waals surface area contributed by atoms with Crippen LogP contribution in [-0.4, -0.2) is 20.0 Å². The van der Waals surface area contributed by atoms with Gasteiger partial charge in [0, 0.05) is 16.8 Å². The van der Waals surface area contributed by atoms with Gasteiger partial charge in [-0.1, -0.05) is 6.07 Å². The van der Waals surface area contributed by atoms with Gasteiger partial charge < -0.3 is 5.32 Å². The molecule has 0 aliphatic carbocycles. The molecule has 3 aromatic heterocycles. The molecule has 32 heavy (non-hydrogen) atoms. The second-order valence-corrected chi connectivity index (χ2v) is 7.87. The van der Waals surface area contributed by atoms with Gasteiger partial charge in [0.05, 0.1) is 17.6 Å². The van der Waals surface area contributed by atoms with Crippen molar-refractivity contribution in [3.05, 3.63) is 91.4 Å². The smallest absolute Gasteiger partial charge is 0.325 e. The number of benzene rings is 1. The SMILES string of the molecule is O=C(Cn1c(=O)n(Cc2cccs2)c(=O)c2ncccc21)Nc1ccc(C(F)(F)F)cc1. The summed E-state index contributed by atoms with van der Waals surface area (Å²) in [4.78, 5) is 43.3. The van der Waals surface area contributed by atoms with Gasteiger partial charge in [0.1, 0.15) is 6.54 Å². The van der Waals surface area contributed by atoms with Gasteiger partial charge in [0.15, 0.2) is 5.52 Å². The Bertz CT molecular complexity index is 1390. The molecule has 0 bridgehead atoms. The molecule has 1 N–H and O–H groups in total. The number of aromatic nitrogens is 3. The standard InChI is InChI=1S/C21H15F3N4O3S/c22-21(23,24)13-5-7-14(8-6-13)26-17(29)12-27-16-4-1-9-25-18(16)19(30)28(20(27)31)11-15-3-2-10-32-15/h1-10H,11-12H2,(H,26,29). The van der Waals surface area contributed by atoms with Crippen LogP contribution in [0.2, 0.25) is 0 Å². The molecule has 4 aromatic rings. The van der Waals surface area contributed by atoms with Crippen molar-refractivity contribution in [1.29, 1.82) is 0 Å². The molecule has 0 aliphatic rings. The topological polar surface area (TPSA) is 86.0 Å². The Hall–Kier alpha value is -3.73. The second kappa shape index (κ2) is 8.42. The molecule has 0 radical (unpaired) electrons. The summed E-state index contributed by atoms with van der Waals surface area (Å²) in [5.41, 5.74) is -1.74. The molecule has 7 nitrogen and oxygen atoms in total. The number of pyridine rings is 1. The average Bonchev–Trinajstić information content (AvgIpc) is 3.27. The molecule has 0 aliphatic heterocycles. The number of nitrogens with zero attached hydrogens (tertiary/aromatic N) is 3. The van der Waals surface area contributed by atoms with Crippen molar-refractivity contribution in [2.45, 2.75) is 19.3 Å². The Labute approximate surface area is 182 Å². The summed E-state index contributed by atoms with van der Waals surface area (Å²) in [5.74, 6) is -0.640. The monoisotopic (exact) mass is 460 g/mol. The molecule has 1 amide bonds. The van der Waals surface area contributed by atoms with Crippen LogP contribution < -0.4 is 16.6 Å². The van der Waals surface area contributed by atoms with Gasteiger partial charge in [-0.15, -0.1) is 11.3 Å². The molecule has 0 saturated heterocycles. The van der Waals surface area contributed by atoms with Crippen LogP contribution in [0.1, 0.15) is 10.4 Å². The molecule has 0 fully saturated rings. The number of halogens is 3. The summed E-state index contributed by atoms with van der Waals surface area (Å²) in [6.45, 7) is -0.421. The van der Waals surface area contributed by atoms with Crippen LogP contribution in [0.25, 0.3) is 11.0 Å². The minimum Gasteiger partial charge on any atom is -0.325 e. The number of carbonyl (C=O) groups is 1. The van der Waals surface area contributed by atoms with Crippen molar-refractivity contribution in [3.63, 3.8) is 0 Å². The van der Waals surface area contributed by atoms with Gasteiger partial charge in [0.2, 0.25) is 5.91 Å². The van der Waals surface area contributed by atoms with E-state index in [1.165, 1.54) is 29.7 Å². The van der Waals surface area contributed by atoms with E-state index in [0.717, 1.165) is 38.3 Å². The number of amides is 1. The van der Waals surface area contributed by atoms with Crippen molar-refractivity contribution in [2.75, 3.05) is 5.32 Å². The summed E-state index contributed by atoms with van der Waals surface area (Å²) >= 11 is 1.38. The van der Waals surface area contributed by atoms with Crippen molar-refractivity contribution >= 4 is 34.0 Å². The van der Waals surface area contributed by atoms with Gasteiger partial charge in [-0.25, -0.2) is 9.78 Å². The van der Waals surface area contributed by atoms with Gasteiger partial charge in [-0.3, -0.25) is 18.7 Å². The maximum atomic E-state index is 13.1. The predicted octanol–water partition coefficient (Wildman–Crippen LogP) is 3.33. The molecule has 4 rings (SSSR count). The quantitative estimate of drug-likeness (QED) is 0.495. The zero-order valence-electron chi connectivity index (χ0n) is 16.3. The summed E-state index contributed by atoms with van der Waals surface area (Å²) in [6, 6.07) is 10.6. The van der Waals surface area contributed by atoms with E-state index in [-0.39, 0.29) is 23.3 Å². The summed E-state index contributed by atoms with van der Waals surface area (Å²) in [6.07, 6.45) is -3.08. The summed E-state index contributed by atoms with van der Waals surface area (Å²) < 4.78 is 40.3. The highest BCUT2D eigenvalue weighted by atomic mass is 32.1. The molecule has 164 valence electrons. The van der Waals surface area contributed by atoms with E-state index in [9.17, 15) is 27.6 Å². The van der Waals surface area contributed by atoms with Crippen LogP contribution in [0.4, 0.5) is 18.9 Å². The zero-order chi connectivity index (χ0) is 22.9. The lowest BCUT2D eigenvalue weighted by molar-refractivity contribution is -0.137. The Balaban J connectivity index is 1.67. The highest BCUT2D eigenvalue weighted by Gasteiger charge is 2.30. The van der Waals surface area contributed by atoms with E-state index in [4.69, 9.17) is 0 Å². The van der Waals surface area contributed by atoms with Gasteiger partial charge in [-0.2, -0.15) is 13.2 Å². The number of nitrogens with one attached hydrogen (secondary N) is 1. The Morgan fingerprint density at radius 1 is 1.03 bits per heavy atom. The molecule has 0 atom stereocenters. The van der Waals surface area contributed by atoms with Crippen LogP contribution in [0.3, 0.4) is 0 Å². The van der Waals surface area contributed by atoms with E-state index in [1.54, 1.807) is 12.1 Å². The number of rotatable bonds is 5. The third kappa shape index (κ3) is 4.33. The molecule has 0 unspecified atom stereocenters. The van der Waals surface area contributed by atoms with E-state index >= 15 is 0 Å². The first-order chi connectivity index (χ1) is 15.2. The Morgan fingerprint density at radius 2 is 1.78 bits per heavy atom. The number of fused-ring (bicyclic) bond motifs is 1. The van der Waals surface area contributed by atoms with E-state index < -0.39 is 35.4 Å². The van der Waals surface area contributed by atoms with Crippen LogP contribution in [0.5, 0.6) is 0 Å². The van der Waals surface area contributed by atoms with Crippen molar-refractivity contribution in [1.82, 2.24) is 14.1 Å².